The average Bonchev–Trinajstić information content (AvgIpc) is 3.03. The van der Waals surface area contributed by atoms with Crippen molar-refractivity contribution < 1.29 is 19.0 Å². The Bertz CT molecular complexity index is 510. The molecule has 2 saturated heterocycles. The number of aromatic nitrogens is 1. The predicted molar refractivity (Wildman–Crippen MR) is 73.9 cm³/mol. The normalized spacial score (nSPS) is 32.1. The van der Waals surface area contributed by atoms with Gasteiger partial charge in [-0.2, -0.15) is 0 Å². The average molecular weight is 295 g/mol. The van der Waals surface area contributed by atoms with E-state index in [1.807, 2.05) is 6.26 Å². The molecule has 3 rings (SSSR count). The van der Waals surface area contributed by atoms with Crippen LogP contribution in [0, 0.1) is 5.92 Å². The van der Waals surface area contributed by atoms with Crippen molar-refractivity contribution in [3.63, 3.8) is 0 Å². The van der Waals surface area contributed by atoms with Gasteiger partial charge < -0.3 is 14.2 Å². The molecule has 1 aromatic rings. The first-order valence-electron chi connectivity index (χ1n) is 6.64. The highest BCUT2D eigenvalue weighted by molar-refractivity contribution is 7.98. The van der Waals surface area contributed by atoms with Gasteiger partial charge in [-0.1, -0.05) is 6.92 Å². The Hall–Kier alpha value is -1.11. The third-order valence-electron chi connectivity index (χ3n) is 3.70. The molecule has 6 heteroatoms. The molecule has 0 aliphatic carbocycles. The summed E-state index contributed by atoms with van der Waals surface area (Å²) in [6, 6.07) is 3.46. The van der Waals surface area contributed by atoms with E-state index in [-0.39, 0.29) is 24.3 Å². The number of fused-ring (bicyclic) bond motifs is 1. The molecule has 3 heterocycles. The van der Waals surface area contributed by atoms with Gasteiger partial charge in [-0.3, -0.25) is 0 Å². The molecule has 1 aromatic heterocycles. The fourth-order valence-corrected chi connectivity index (χ4v) is 3.20. The number of thioether (sulfide) groups is 1. The first-order valence-corrected chi connectivity index (χ1v) is 7.86. The van der Waals surface area contributed by atoms with E-state index in [0.29, 0.717) is 29.7 Å². The maximum atomic E-state index is 12.3. The lowest BCUT2D eigenvalue weighted by Crippen LogP contribution is -2.33. The fourth-order valence-electron chi connectivity index (χ4n) is 2.67. The van der Waals surface area contributed by atoms with Crippen LogP contribution in [0.2, 0.25) is 0 Å². The van der Waals surface area contributed by atoms with Crippen LogP contribution in [0.5, 0.6) is 0 Å². The molecule has 20 heavy (non-hydrogen) atoms. The van der Waals surface area contributed by atoms with E-state index < -0.39 is 0 Å². The van der Waals surface area contributed by atoms with Crippen LogP contribution in [-0.4, -0.2) is 48.7 Å². The molecular formula is C14H17NO4S. The summed E-state index contributed by atoms with van der Waals surface area (Å²) < 4.78 is 16.9. The summed E-state index contributed by atoms with van der Waals surface area (Å²) in [7, 11) is 0. The maximum Gasteiger partial charge on any atom is 0.341 e. The molecule has 2 fully saturated rings. The molecule has 0 spiro atoms. The number of carbonyl (C=O) groups is 1. The van der Waals surface area contributed by atoms with Crippen LogP contribution in [0.15, 0.2) is 23.4 Å². The Morgan fingerprint density at radius 2 is 2.20 bits per heavy atom. The second-order valence-corrected chi connectivity index (χ2v) is 5.87. The molecule has 4 atom stereocenters. The summed E-state index contributed by atoms with van der Waals surface area (Å²) in [5.74, 6) is -0.0105. The van der Waals surface area contributed by atoms with Crippen molar-refractivity contribution in [2.24, 2.45) is 5.92 Å². The summed E-state index contributed by atoms with van der Waals surface area (Å²) in [5.41, 5.74) is 0.495. The van der Waals surface area contributed by atoms with Crippen molar-refractivity contribution in [1.29, 1.82) is 0 Å². The molecule has 2 aliphatic rings. The standard InChI is InChI=1S/C14H17NO4S/c1-8-6-17-12-10(7-18-11(8)12)19-14(16)9-4-3-5-15-13(9)20-2/h3-5,8,10-12H,6-7H2,1-2H3/t8-,10?,11?,12?/m0/s1. The molecule has 0 bridgehead atoms. The molecule has 2 aliphatic heterocycles. The predicted octanol–water partition coefficient (Wildman–Crippen LogP) is 1.76. The molecule has 0 amide bonds. The largest absolute Gasteiger partial charge is 0.453 e. The Morgan fingerprint density at radius 1 is 1.40 bits per heavy atom. The number of ether oxygens (including phenoxy) is 3. The SMILES string of the molecule is CSc1ncccc1C(=O)OC1COC2C1OC[C@@H]2C. The van der Waals surface area contributed by atoms with Crippen LogP contribution in [0.4, 0.5) is 0 Å². The second kappa shape index (κ2) is 5.71. The van der Waals surface area contributed by atoms with E-state index in [1.54, 1.807) is 18.3 Å². The van der Waals surface area contributed by atoms with Gasteiger partial charge in [-0.05, 0) is 18.4 Å². The molecule has 108 valence electrons. The number of carbonyl (C=O) groups excluding carboxylic acids is 1. The Labute approximate surface area is 122 Å². The number of hydrogen-bond donors (Lipinski definition) is 0. The van der Waals surface area contributed by atoms with Gasteiger partial charge in [0, 0.05) is 12.1 Å². The van der Waals surface area contributed by atoms with Crippen LogP contribution in [-0.2, 0) is 14.2 Å². The first kappa shape index (κ1) is 13.9. The lowest BCUT2D eigenvalue weighted by molar-refractivity contribution is -0.0161. The lowest BCUT2D eigenvalue weighted by Gasteiger charge is -2.17. The van der Waals surface area contributed by atoms with Crippen molar-refractivity contribution in [2.75, 3.05) is 19.5 Å². The minimum atomic E-state index is -0.361. The maximum absolute atomic E-state index is 12.3. The quantitative estimate of drug-likeness (QED) is 0.625. The van der Waals surface area contributed by atoms with E-state index in [4.69, 9.17) is 14.2 Å². The summed E-state index contributed by atoms with van der Waals surface area (Å²) in [6.07, 6.45) is 3.13. The van der Waals surface area contributed by atoms with E-state index in [1.165, 1.54) is 11.8 Å². The second-order valence-electron chi connectivity index (χ2n) is 5.08. The molecule has 0 saturated carbocycles. The van der Waals surface area contributed by atoms with Gasteiger partial charge in [-0.15, -0.1) is 11.8 Å². The molecular weight excluding hydrogens is 278 g/mol. The summed E-state index contributed by atoms with van der Waals surface area (Å²) >= 11 is 1.43. The Kier molecular flexibility index (Phi) is 3.96. The van der Waals surface area contributed by atoms with Gasteiger partial charge in [0.1, 0.15) is 11.1 Å². The minimum Gasteiger partial charge on any atom is -0.453 e. The fraction of sp³-hybridized carbons (Fsp3) is 0.571. The lowest BCUT2D eigenvalue weighted by atomic mass is 10.0. The number of rotatable bonds is 3. The van der Waals surface area contributed by atoms with Crippen LogP contribution < -0.4 is 0 Å². The number of esters is 1. The number of nitrogens with zero attached hydrogens (tertiary/aromatic N) is 1. The Morgan fingerprint density at radius 3 is 3.00 bits per heavy atom. The van der Waals surface area contributed by atoms with Crippen molar-refractivity contribution in [3.8, 4) is 0 Å². The van der Waals surface area contributed by atoms with Gasteiger partial charge in [0.05, 0.1) is 24.9 Å². The third kappa shape index (κ3) is 2.43. The monoisotopic (exact) mass is 295 g/mol. The highest BCUT2D eigenvalue weighted by Crippen LogP contribution is 2.32. The van der Waals surface area contributed by atoms with Crippen LogP contribution in [0.1, 0.15) is 17.3 Å². The van der Waals surface area contributed by atoms with E-state index in [9.17, 15) is 4.79 Å². The van der Waals surface area contributed by atoms with Gasteiger partial charge in [0.25, 0.3) is 0 Å². The van der Waals surface area contributed by atoms with Gasteiger partial charge in [0.15, 0.2) is 6.10 Å². The van der Waals surface area contributed by atoms with Gasteiger partial charge in [0.2, 0.25) is 0 Å². The van der Waals surface area contributed by atoms with Gasteiger partial charge >= 0.3 is 5.97 Å². The zero-order valence-corrected chi connectivity index (χ0v) is 12.3. The first-order chi connectivity index (χ1) is 9.70. The highest BCUT2D eigenvalue weighted by atomic mass is 32.2. The molecule has 0 radical (unpaired) electrons. The summed E-state index contributed by atoms with van der Waals surface area (Å²) in [5, 5.41) is 0.675. The van der Waals surface area contributed by atoms with E-state index in [0.717, 1.165) is 0 Å². The van der Waals surface area contributed by atoms with Crippen molar-refractivity contribution in [1.82, 2.24) is 4.98 Å². The summed E-state index contributed by atoms with van der Waals surface area (Å²) in [6.45, 7) is 3.15. The minimum absolute atomic E-state index is 0.0433. The van der Waals surface area contributed by atoms with E-state index in [2.05, 4.69) is 11.9 Å². The zero-order chi connectivity index (χ0) is 14.1. The van der Waals surface area contributed by atoms with Crippen molar-refractivity contribution in [2.45, 2.75) is 30.3 Å². The van der Waals surface area contributed by atoms with Crippen LogP contribution in [0.25, 0.3) is 0 Å². The molecule has 5 nitrogen and oxygen atoms in total. The number of pyridine rings is 1. The molecule has 0 N–H and O–H groups in total. The molecule has 0 aromatic carbocycles. The zero-order valence-electron chi connectivity index (χ0n) is 11.4. The number of hydrogen-bond acceptors (Lipinski definition) is 6. The Balaban J connectivity index is 1.71. The molecule has 3 unspecified atom stereocenters. The third-order valence-corrected chi connectivity index (χ3v) is 4.41. The van der Waals surface area contributed by atoms with Gasteiger partial charge in [-0.25, -0.2) is 9.78 Å². The highest BCUT2D eigenvalue weighted by Gasteiger charge is 2.47. The smallest absolute Gasteiger partial charge is 0.341 e. The van der Waals surface area contributed by atoms with Crippen LogP contribution in [0.3, 0.4) is 0 Å². The summed E-state index contributed by atoms with van der Waals surface area (Å²) in [4.78, 5) is 16.4. The van der Waals surface area contributed by atoms with E-state index >= 15 is 0 Å². The van der Waals surface area contributed by atoms with Crippen LogP contribution >= 0.6 is 11.8 Å². The van der Waals surface area contributed by atoms with Crippen molar-refractivity contribution >= 4 is 17.7 Å². The topological polar surface area (TPSA) is 57.7 Å². The van der Waals surface area contributed by atoms with Crippen molar-refractivity contribution in [3.05, 3.63) is 23.9 Å².